The van der Waals surface area contributed by atoms with Crippen LogP contribution < -0.4 is 0 Å². The van der Waals surface area contributed by atoms with E-state index in [1.807, 2.05) is 0 Å². The van der Waals surface area contributed by atoms with Crippen molar-refractivity contribution >= 4 is 21.6 Å². The predicted octanol–water partition coefficient (Wildman–Crippen LogP) is 4.40. The van der Waals surface area contributed by atoms with Gasteiger partial charge in [0, 0.05) is 48.9 Å². The summed E-state index contributed by atoms with van der Waals surface area (Å²) in [5.74, 6) is 0. The second-order valence-electron chi connectivity index (χ2n) is 9.28. The Kier molecular flexibility index (Phi) is 11.6. The topological polar surface area (TPSA) is 46.9 Å². The third-order valence-electron chi connectivity index (χ3n) is 6.44. The lowest BCUT2D eigenvalue weighted by Crippen LogP contribution is -2.43. The van der Waals surface area contributed by atoms with Crippen LogP contribution >= 0.6 is 21.6 Å². The number of rotatable bonds is 13. The number of hydrogen-bond donors (Lipinski definition) is 2. The summed E-state index contributed by atoms with van der Waals surface area (Å²) in [4.78, 5) is 4.91. The minimum atomic E-state index is 0.294. The molecule has 2 aliphatic rings. The van der Waals surface area contributed by atoms with Crippen LogP contribution in [0.2, 0.25) is 0 Å². The van der Waals surface area contributed by atoms with Gasteiger partial charge in [-0.25, -0.2) is 0 Å². The van der Waals surface area contributed by atoms with Gasteiger partial charge in [0.2, 0.25) is 0 Å². The second-order valence-corrected chi connectivity index (χ2v) is 12.3. The molecule has 2 N–H and O–H groups in total. The van der Waals surface area contributed by atoms with Crippen LogP contribution in [-0.4, -0.2) is 83.0 Å². The Hall–Kier alpha value is 0.540. The highest BCUT2D eigenvalue weighted by Gasteiger charge is 2.40. The van der Waals surface area contributed by atoms with Crippen molar-refractivity contribution in [2.24, 2.45) is 0 Å². The summed E-state index contributed by atoms with van der Waals surface area (Å²) in [6, 6.07) is 0. The van der Waals surface area contributed by atoms with E-state index in [-0.39, 0.29) is 0 Å². The van der Waals surface area contributed by atoms with Crippen molar-refractivity contribution in [1.82, 2.24) is 9.80 Å². The first-order valence-electron chi connectivity index (χ1n) is 11.5. The SMILES string of the molecule is CN(CCCO)CC1(SSC2(CN(C)CCCO)CCCCC2)CCCCC1. The molecule has 6 heteroatoms. The Balaban J connectivity index is 1.99. The van der Waals surface area contributed by atoms with E-state index in [0.717, 1.165) is 39.0 Å². The molecule has 0 amide bonds. The monoisotopic (exact) mass is 432 g/mol. The van der Waals surface area contributed by atoms with Gasteiger partial charge in [-0.2, -0.15) is 0 Å². The average molecular weight is 433 g/mol. The van der Waals surface area contributed by atoms with E-state index in [4.69, 9.17) is 0 Å². The fourth-order valence-electron chi connectivity index (χ4n) is 4.93. The zero-order chi connectivity index (χ0) is 20.3. The van der Waals surface area contributed by atoms with Crippen LogP contribution in [0.1, 0.15) is 77.0 Å². The lowest BCUT2D eigenvalue weighted by atomic mass is 9.88. The van der Waals surface area contributed by atoms with Crippen LogP contribution in [0.3, 0.4) is 0 Å². The number of nitrogens with zero attached hydrogens (tertiary/aromatic N) is 2. The van der Waals surface area contributed by atoms with Crippen LogP contribution in [0.4, 0.5) is 0 Å². The third kappa shape index (κ3) is 8.35. The molecular formula is C22H44N2O2S2. The van der Waals surface area contributed by atoms with Crippen molar-refractivity contribution < 1.29 is 10.2 Å². The van der Waals surface area contributed by atoms with Crippen LogP contribution in [0, 0.1) is 0 Å². The van der Waals surface area contributed by atoms with Crippen LogP contribution in [0.25, 0.3) is 0 Å². The first kappa shape index (κ1) is 24.8. The fraction of sp³-hybridized carbons (Fsp3) is 1.00. The Morgan fingerprint density at radius 3 is 1.32 bits per heavy atom. The summed E-state index contributed by atoms with van der Waals surface area (Å²) in [7, 11) is 8.89. The molecule has 0 saturated heterocycles. The Morgan fingerprint density at radius 1 is 0.643 bits per heavy atom. The van der Waals surface area contributed by atoms with Crippen LogP contribution in [0.15, 0.2) is 0 Å². The lowest BCUT2D eigenvalue weighted by molar-refractivity contribution is 0.221. The molecule has 4 nitrogen and oxygen atoms in total. The summed E-state index contributed by atoms with van der Waals surface area (Å²) in [5.41, 5.74) is 0. The normalized spacial score (nSPS) is 22.1. The minimum absolute atomic E-state index is 0.294. The van der Waals surface area contributed by atoms with Gasteiger partial charge in [-0.3, -0.25) is 0 Å². The molecule has 2 fully saturated rings. The molecule has 0 radical (unpaired) electrons. The zero-order valence-electron chi connectivity index (χ0n) is 18.3. The van der Waals surface area contributed by atoms with E-state index in [0.29, 0.717) is 22.7 Å². The first-order chi connectivity index (χ1) is 13.5. The third-order valence-corrected chi connectivity index (χ3v) is 10.7. The molecule has 166 valence electrons. The summed E-state index contributed by atoms with van der Waals surface area (Å²) >= 11 is 0. The molecule has 0 atom stereocenters. The van der Waals surface area contributed by atoms with E-state index in [9.17, 15) is 10.2 Å². The van der Waals surface area contributed by atoms with Gasteiger partial charge < -0.3 is 20.0 Å². The average Bonchev–Trinajstić information content (AvgIpc) is 2.71. The predicted molar refractivity (Wildman–Crippen MR) is 125 cm³/mol. The van der Waals surface area contributed by atoms with Gasteiger partial charge in [0.25, 0.3) is 0 Å². The molecule has 2 aliphatic carbocycles. The highest BCUT2D eigenvalue weighted by Crippen LogP contribution is 2.54. The first-order valence-corrected chi connectivity index (χ1v) is 13.6. The maximum Gasteiger partial charge on any atom is 0.0443 e. The van der Waals surface area contributed by atoms with E-state index < -0.39 is 0 Å². The molecule has 0 aliphatic heterocycles. The lowest BCUT2D eigenvalue weighted by Gasteiger charge is -2.44. The molecule has 28 heavy (non-hydrogen) atoms. The highest BCUT2D eigenvalue weighted by atomic mass is 33.1. The standard InChI is InChI=1S/C22H44N2O2S2/c1-23(15-9-17-25)19-21(11-5-3-6-12-21)27-28-22(13-7-4-8-14-22)20-24(2)16-10-18-26/h25-26H,3-20H2,1-2H3. The summed E-state index contributed by atoms with van der Waals surface area (Å²) in [6.45, 7) is 4.89. The van der Waals surface area contributed by atoms with E-state index in [2.05, 4.69) is 45.5 Å². The summed E-state index contributed by atoms with van der Waals surface area (Å²) in [5, 5.41) is 18.4. The number of aliphatic hydroxyl groups is 2. The molecule has 0 aromatic carbocycles. The van der Waals surface area contributed by atoms with E-state index >= 15 is 0 Å². The van der Waals surface area contributed by atoms with Crippen molar-refractivity contribution in [2.45, 2.75) is 86.5 Å². The van der Waals surface area contributed by atoms with Gasteiger partial charge >= 0.3 is 0 Å². The Labute approximate surface area is 181 Å². The van der Waals surface area contributed by atoms with Gasteiger partial charge in [0.1, 0.15) is 0 Å². The minimum Gasteiger partial charge on any atom is -0.396 e. The molecule has 0 aromatic rings. The van der Waals surface area contributed by atoms with Crippen molar-refractivity contribution in [3.63, 3.8) is 0 Å². The number of aliphatic hydroxyl groups excluding tert-OH is 2. The van der Waals surface area contributed by atoms with E-state index in [1.54, 1.807) is 0 Å². The second kappa shape index (κ2) is 13.1. The smallest absolute Gasteiger partial charge is 0.0443 e. The van der Waals surface area contributed by atoms with Crippen molar-refractivity contribution in [1.29, 1.82) is 0 Å². The fourth-order valence-corrected chi connectivity index (χ4v) is 9.12. The van der Waals surface area contributed by atoms with Gasteiger partial charge in [0.05, 0.1) is 0 Å². The Morgan fingerprint density at radius 2 is 1.00 bits per heavy atom. The van der Waals surface area contributed by atoms with Crippen LogP contribution in [0.5, 0.6) is 0 Å². The Bertz CT molecular complexity index is 375. The number of hydrogen-bond acceptors (Lipinski definition) is 6. The maximum absolute atomic E-state index is 9.18. The van der Waals surface area contributed by atoms with Crippen molar-refractivity contribution in [3.8, 4) is 0 Å². The highest BCUT2D eigenvalue weighted by molar-refractivity contribution is 8.77. The molecule has 0 unspecified atom stereocenters. The van der Waals surface area contributed by atoms with Gasteiger partial charge in [-0.1, -0.05) is 60.1 Å². The molecule has 0 heterocycles. The molecule has 0 bridgehead atoms. The molecule has 0 spiro atoms. The van der Waals surface area contributed by atoms with E-state index in [1.165, 1.54) is 64.2 Å². The largest absolute Gasteiger partial charge is 0.396 e. The summed E-state index contributed by atoms with van der Waals surface area (Å²) in [6.07, 6.45) is 15.4. The summed E-state index contributed by atoms with van der Waals surface area (Å²) < 4.78 is 0.752. The van der Waals surface area contributed by atoms with Gasteiger partial charge in [-0.15, -0.1) is 0 Å². The quantitative estimate of drug-likeness (QED) is 0.421. The molecular weight excluding hydrogens is 388 g/mol. The molecule has 2 rings (SSSR count). The zero-order valence-corrected chi connectivity index (χ0v) is 20.0. The maximum atomic E-state index is 9.18. The van der Waals surface area contributed by atoms with Crippen molar-refractivity contribution in [3.05, 3.63) is 0 Å². The molecule has 2 saturated carbocycles. The van der Waals surface area contributed by atoms with Gasteiger partial charge in [-0.05, 0) is 52.6 Å². The molecule has 0 aromatic heterocycles. The van der Waals surface area contributed by atoms with Crippen LogP contribution in [-0.2, 0) is 0 Å². The van der Waals surface area contributed by atoms with Gasteiger partial charge in [0.15, 0.2) is 0 Å². The van der Waals surface area contributed by atoms with Crippen molar-refractivity contribution in [2.75, 3.05) is 53.5 Å².